The zero-order valence-corrected chi connectivity index (χ0v) is 14.3. The maximum absolute atomic E-state index is 12.9. The van der Waals surface area contributed by atoms with E-state index in [1.165, 1.54) is 5.56 Å². The molecule has 0 fully saturated rings. The highest BCUT2D eigenvalue weighted by Crippen LogP contribution is 2.25. The van der Waals surface area contributed by atoms with Gasteiger partial charge in [-0.25, -0.2) is 0 Å². The number of hydrogen-bond donors (Lipinski definition) is 0. The number of amides is 1. The zero-order chi connectivity index (χ0) is 17.1. The van der Waals surface area contributed by atoms with Crippen LogP contribution in [0.5, 0.6) is 5.75 Å². The molecule has 0 spiro atoms. The number of nitrogens with zero attached hydrogens (tertiary/aromatic N) is 2. The molecule has 0 bridgehead atoms. The Balaban J connectivity index is 1.83. The first kappa shape index (κ1) is 16.5. The van der Waals surface area contributed by atoms with Crippen molar-refractivity contribution < 1.29 is 14.3 Å². The molecule has 0 radical (unpaired) electrons. The van der Waals surface area contributed by atoms with E-state index >= 15 is 0 Å². The third kappa shape index (κ3) is 3.12. The summed E-state index contributed by atoms with van der Waals surface area (Å²) >= 11 is 0. The summed E-state index contributed by atoms with van der Waals surface area (Å²) in [6, 6.07) is 5.56. The minimum atomic E-state index is 0.0537. The Kier molecular flexibility index (Phi) is 4.81. The molecular formula is C19H22N2O3. The number of pyridine rings is 1. The number of carbonyl (C=O) groups is 1. The Morgan fingerprint density at radius 3 is 2.83 bits per heavy atom. The van der Waals surface area contributed by atoms with Gasteiger partial charge in [-0.2, -0.15) is 0 Å². The van der Waals surface area contributed by atoms with Crippen LogP contribution in [-0.4, -0.2) is 36.6 Å². The van der Waals surface area contributed by atoms with Crippen LogP contribution in [-0.2, 0) is 24.3 Å². The lowest BCUT2D eigenvalue weighted by Gasteiger charge is -2.30. The Bertz CT molecular complexity index is 758. The van der Waals surface area contributed by atoms with Crippen molar-refractivity contribution in [2.45, 2.75) is 26.5 Å². The number of ether oxygens (including phenoxy) is 2. The molecule has 126 valence electrons. The van der Waals surface area contributed by atoms with Crippen molar-refractivity contribution in [1.82, 2.24) is 9.88 Å². The smallest absolute Gasteiger partial charge is 0.254 e. The number of rotatable bonds is 4. The zero-order valence-electron chi connectivity index (χ0n) is 14.3. The summed E-state index contributed by atoms with van der Waals surface area (Å²) in [5.41, 5.74) is 5.14. The van der Waals surface area contributed by atoms with E-state index in [4.69, 9.17) is 9.47 Å². The molecule has 5 heteroatoms. The second-order valence-electron chi connectivity index (χ2n) is 6.03. The number of aryl methyl sites for hydroxylation is 1. The van der Waals surface area contributed by atoms with E-state index in [0.717, 1.165) is 34.4 Å². The fourth-order valence-corrected chi connectivity index (χ4v) is 3.19. The monoisotopic (exact) mass is 326 g/mol. The van der Waals surface area contributed by atoms with E-state index in [2.05, 4.69) is 4.98 Å². The van der Waals surface area contributed by atoms with Crippen LogP contribution in [0.15, 0.2) is 30.6 Å². The second-order valence-corrected chi connectivity index (χ2v) is 6.03. The van der Waals surface area contributed by atoms with E-state index in [0.29, 0.717) is 19.7 Å². The van der Waals surface area contributed by atoms with Crippen LogP contribution < -0.4 is 4.74 Å². The quantitative estimate of drug-likeness (QED) is 0.867. The first-order valence-corrected chi connectivity index (χ1v) is 8.01. The lowest BCUT2D eigenvalue weighted by molar-refractivity contribution is 0.0732. The van der Waals surface area contributed by atoms with Crippen LogP contribution in [0.2, 0.25) is 0 Å². The van der Waals surface area contributed by atoms with Gasteiger partial charge in [0.15, 0.2) is 0 Å². The molecule has 2 heterocycles. The lowest BCUT2D eigenvalue weighted by atomic mass is 9.96. The number of hydrogen-bond acceptors (Lipinski definition) is 4. The van der Waals surface area contributed by atoms with Gasteiger partial charge in [0.1, 0.15) is 5.75 Å². The Morgan fingerprint density at radius 1 is 1.29 bits per heavy atom. The van der Waals surface area contributed by atoms with E-state index in [-0.39, 0.29) is 5.91 Å². The number of aromatic nitrogens is 1. The van der Waals surface area contributed by atoms with E-state index in [1.807, 2.05) is 42.4 Å². The molecule has 5 nitrogen and oxygen atoms in total. The summed E-state index contributed by atoms with van der Waals surface area (Å²) in [6.45, 7) is 3.79. The lowest BCUT2D eigenvalue weighted by Crippen LogP contribution is -2.36. The first-order valence-electron chi connectivity index (χ1n) is 8.01. The minimum Gasteiger partial charge on any atom is -0.497 e. The molecule has 0 saturated heterocycles. The molecule has 24 heavy (non-hydrogen) atoms. The summed E-state index contributed by atoms with van der Waals surface area (Å²) in [7, 11) is 3.31. The van der Waals surface area contributed by atoms with Crippen molar-refractivity contribution in [3.63, 3.8) is 0 Å². The fraction of sp³-hybridized carbons (Fsp3) is 0.368. The van der Waals surface area contributed by atoms with Crippen LogP contribution >= 0.6 is 0 Å². The Labute approximate surface area is 142 Å². The predicted octanol–water partition coefficient (Wildman–Crippen LogP) is 2.74. The Hall–Kier alpha value is -2.40. The molecule has 0 aliphatic carbocycles. The SMILES string of the molecule is COCc1cncc2c1CCN(C(=O)c1ccc(OC)cc1C)C2. The topological polar surface area (TPSA) is 51.7 Å². The molecule has 1 amide bonds. The molecule has 3 rings (SSSR count). The van der Waals surface area contributed by atoms with E-state index in [9.17, 15) is 4.79 Å². The molecular weight excluding hydrogens is 304 g/mol. The summed E-state index contributed by atoms with van der Waals surface area (Å²) in [6.07, 6.45) is 4.54. The maximum atomic E-state index is 12.9. The van der Waals surface area contributed by atoms with Gasteiger partial charge in [0.2, 0.25) is 0 Å². The normalized spacial score (nSPS) is 13.5. The molecule has 0 N–H and O–H groups in total. The average molecular weight is 326 g/mol. The highest BCUT2D eigenvalue weighted by atomic mass is 16.5. The van der Waals surface area contributed by atoms with Crippen molar-refractivity contribution in [2.24, 2.45) is 0 Å². The van der Waals surface area contributed by atoms with Crippen molar-refractivity contribution in [2.75, 3.05) is 20.8 Å². The Morgan fingerprint density at radius 2 is 2.12 bits per heavy atom. The summed E-state index contributed by atoms with van der Waals surface area (Å²) in [4.78, 5) is 19.1. The van der Waals surface area contributed by atoms with Gasteiger partial charge >= 0.3 is 0 Å². The van der Waals surface area contributed by atoms with Crippen LogP contribution in [0.1, 0.15) is 32.6 Å². The fourth-order valence-electron chi connectivity index (χ4n) is 3.19. The average Bonchev–Trinajstić information content (AvgIpc) is 2.61. The third-order valence-electron chi connectivity index (χ3n) is 4.48. The number of fused-ring (bicyclic) bond motifs is 1. The van der Waals surface area contributed by atoms with Gasteiger partial charge in [-0.3, -0.25) is 9.78 Å². The van der Waals surface area contributed by atoms with Gasteiger partial charge in [-0.1, -0.05) is 0 Å². The van der Waals surface area contributed by atoms with Crippen LogP contribution in [0, 0.1) is 6.92 Å². The van der Waals surface area contributed by atoms with Crippen molar-refractivity contribution >= 4 is 5.91 Å². The molecule has 2 aromatic rings. The number of carbonyl (C=O) groups excluding carboxylic acids is 1. The summed E-state index contributed by atoms with van der Waals surface area (Å²) in [5, 5.41) is 0. The minimum absolute atomic E-state index is 0.0537. The second kappa shape index (κ2) is 7.01. The summed E-state index contributed by atoms with van der Waals surface area (Å²) in [5.74, 6) is 0.819. The molecule has 1 aromatic heterocycles. The van der Waals surface area contributed by atoms with Crippen molar-refractivity contribution in [3.05, 3.63) is 58.4 Å². The maximum Gasteiger partial charge on any atom is 0.254 e. The number of methoxy groups -OCH3 is 2. The highest BCUT2D eigenvalue weighted by molar-refractivity contribution is 5.96. The molecule has 1 aromatic carbocycles. The van der Waals surface area contributed by atoms with Crippen molar-refractivity contribution in [1.29, 1.82) is 0 Å². The standard InChI is InChI=1S/C19H22N2O3/c1-13-8-16(24-3)4-5-17(13)19(22)21-7-6-18-14(11-21)9-20-10-15(18)12-23-2/h4-5,8-10H,6-7,11-12H2,1-3H3. The van der Waals surface area contributed by atoms with Gasteiger partial charge in [0.05, 0.1) is 13.7 Å². The van der Waals surface area contributed by atoms with Crippen molar-refractivity contribution in [3.8, 4) is 5.75 Å². The van der Waals surface area contributed by atoms with Crippen LogP contribution in [0.4, 0.5) is 0 Å². The van der Waals surface area contributed by atoms with Crippen LogP contribution in [0.25, 0.3) is 0 Å². The van der Waals surface area contributed by atoms with Gasteiger partial charge in [-0.15, -0.1) is 0 Å². The third-order valence-corrected chi connectivity index (χ3v) is 4.48. The van der Waals surface area contributed by atoms with Gasteiger partial charge in [0.25, 0.3) is 5.91 Å². The van der Waals surface area contributed by atoms with Gasteiger partial charge in [0, 0.05) is 38.2 Å². The summed E-state index contributed by atoms with van der Waals surface area (Å²) < 4.78 is 10.5. The van der Waals surface area contributed by atoms with Crippen LogP contribution in [0.3, 0.4) is 0 Å². The van der Waals surface area contributed by atoms with Gasteiger partial charge < -0.3 is 14.4 Å². The predicted molar refractivity (Wildman–Crippen MR) is 91.1 cm³/mol. The highest BCUT2D eigenvalue weighted by Gasteiger charge is 2.24. The molecule has 0 atom stereocenters. The van der Waals surface area contributed by atoms with E-state index in [1.54, 1.807) is 14.2 Å². The first-order chi connectivity index (χ1) is 11.6. The van der Waals surface area contributed by atoms with Gasteiger partial charge in [-0.05, 0) is 53.8 Å². The largest absolute Gasteiger partial charge is 0.497 e. The molecule has 1 aliphatic rings. The molecule has 0 saturated carbocycles. The molecule has 1 aliphatic heterocycles. The van der Waals surface area contributed by atoms with E-state index < -0.39 is 0 Å². The molecule has 0 unspecified atom stereocenters. The number of benzene rings is 1.